The molecule has 2 aliphatic rings. The lowest BCUT2D eigenvalue weighted by Crippen LogP contribution is -2.39. The first-order chi connectivity index (χ1) is 21.3. The van der Waals surface area contributed by atoms with E-state index in [1.54, 1.807) is 24.3 Å². The van der Waals surface area contributed by atoms with Crippen LogP contribution in [-0.4, -0.2) is 74.7 Å². The monoisotopic (exact) mass is 622 g/mol. The SMILES string of the molecule is CCCCOC(=O)[C@@H]1OC(c2ccc(C3O[C@@H](C(=O)OCCCC)[C@H](C(=O)OCCCC)O3)cc2)O[C@H]1C(=O)OCCCC. The van der Waals surface area contributed by atoms with Crippen molar-refractivity contribution in [3.63, 3.8) is 0 Å². The van der Waals surface area contributed by atoms with Gasteiger partial charge in [-0.15, -0.1) is 0 Å². The van der Waals surface area contributed by atoms with E-state index in [4.69, 9.17) is 37.9 Å². The van der Waals surface area contributed by atoms with Gasteiger partial charge in [0.25, 0.3) is 0 Å². The van der Waals surface area contributed by atoms with Crippen LogP contribution in [0.5, 0.6) is 0 Å². The molecule has 0 unspecified atom stereocenters. The molecule has 2 heterocycles. The average molecular weight is 623 g/mol. The fourth-order valence-corrected chi connectivity index (χ4v) is 4.32. The van der Waals surface area contributed by atoms with Crippen LogP contribution in [0.15, 0.2) is 24.3 Å². The molecule has 12 heteroatoms. The van der Waals surface area contributed by atoms with Crippen LogP contribution in [-0.2, 0) is 57.1 Å². The molecule has 0 aliphatic carbocycles. The molecule has 44 heavy (non-hydrogen) atoms. The lowest BCUT2D eigenvalue weighted by molar-refractivity contribution is -0.163. The normalized spacial score (nSPS) is 22.1. The van der Waals surface area contributed by atoms with E-state index in [0.717, 1.165) is 25.7 Å². The molecular formula is C32H46O12. The van der Waals surface area contributed by atoms with Crippen molar-refractivity contribution in [2.75, 3.05) is 26.4 Å². The lowest BCUT2D eigenvalue weighted by atomic mass is 10.1. The van der Waals surface area contributed by atoms with Crippen molar-refractivity contribution in [1.29, 1.82) is 0 Å². The standard InChI is InChI=1S/C32H46O12/c1-5-9-17-37-27(33)23-24(28(34)38-18-10-6-2)42-31(41-23)21-13-15-22(16-14-21)32-43-25(29(35)39-19-11-7-3)26(44-32)30(36)40-20-12-8-4/h13-16,23-26,31-32H,5-12,17-20H2,1-4H3/t23-,24-,25-,26-/m1/s1. The molecule has 0 amide bonds. The molecule has 0 bridgehead atoms. The van der Waals surface area contributed by atoms with Gasteiger partial charge in [-0.05, 0) is 25.7 Å². The number of unbranched alkanes of at least 4 members (excludes halogenated alkanes) is 4. The molecule has 12 nitrogen and oxygen atoms in total. The first-order valence-corrected chi connectivity index (χ1v) is 15.7. The Labute approximate surface area is 258 Å². The highest BCUT2D eigenvalue weighted by Crippen LogP contribution is 2.36. The highest BCUT2D eigenvalue weighted by Gasteiger charge is 2.49. The molecule has 0 radical (unpaired) electrons. The molecule has 0 spiro atoms. The molecule has 0 aromatic heterocycles. The Hall–Kier alpha value is -3.06. The largest absolute Gasteiger partial charge is 0.464 e. The third-order valence-corrected chi connectivity index (χ3v) is 7.01. The molecule has 1 aromatic rings. The van der Waals surface area contributed by atoms with Gasteiger partial charge >= 0.3 is 23.9 Å². The van der Waals surface area contributed by atoms with Gasteiger partial charge in [0, 0.05) is 11.1 Å². The van der Waals surface area contributed by atoms with E-state index in [-0.39, 0.29) is 26.4 Å². The smallest absolute Gasteiger partial charge is 0.338 e. The van der Waals surface area contributed by atoms with E-state index < -0.39 is 60.9 Å². The number of ether oxygens (including phenoxy) is 8. The number of rotatable bonds is 18. The maximum absolute atomic E-state index is 12.8. The molecule has 0 saturated carbocycles. The van der Waals surface area contributed by atoms with Gasteiger partial charge in [0.2, 0.25) is 0 Å². The van der Waals surface area contributed by atoms with Crippen LogP contribution in [0.1, 0.15) is 103 Å². The summed E-state index contributed by atoms with van der Waals surface area (Å²) in [5.41, 5.74) is 1.01. The van der Waals surface area contributed by atoms with Crippen LogP contribution in [0.3, 0.4) is 0 Å². The molecule has 246 valence electrons. The number of hydrogen-bond donors (Lipinski definition) is 0. The number of esters is 4. The van der Waals surface area contributed by atoms with Gasteiger partial charge in [-0.3, -0.25) is 0 Å². The summed E-state index contributed by atoms with van der Waals surface area (Å²) in [5, 5.41) is 0. The lowest BCUT2D eigenvalue weighted by Gasteiger charge is -2.14. The number of carbonyl (C=O) groups is 4. The van der Waals surface area contributed by atoms with Crippen molar-refractivity contribution in [2.24, 2.45) is 0 Å². The van der Waals surface area contributed by atoms with Crippen molar-refractivity contribution >= 4 is 23.9 Å². The Kier molecular flexibility index (Phi) is 15.0. The summed E-state index contributed by atoms with van der Waals surface area (Å²) in [6, 6.07) is 6.61. The molecule has 2 saturated heterocycles. The van der Waals surface area contributed by atoms with Crippen molar-refractivity contribution in [3.8, 4) is 0 Å². The van der Waals surface area contributed by atoms with Gasteiger partial charge in [-0.1, -0.05) is 77.6 Å². The fourth-order valence-electron chi connectivity index (χ4n) is 4.32. The van der Waals surface area contributed by atoms with Crippen molar-refractivity contribution in [3.05, 3.63) is 35.4 Å². The van der Waals surface area contributed by atoms with Gasteiger partial charge in [-0.2, -0.15) is 0 Å². The highest BCUT2D eigenvalue weighted by molar-refractivity contribution is 5.87. The maximum Gasteiger partial charge on any atom is 0.338 e. The zero-order chi connectivity index (χ0) is 31.9. The molecule has 1 aromatic carbocycles. The summed E-state index contributed by atoms with van der Waals surface area (Å²) < 4.78 is 44.6. The van der Waals surface area contributed by atoms with E-state index in [1.165, 1.54) is 0 Å². The summed E-state index contributed by atoms with van der Waals surface area (Å²) in [4.78, 5) is 51.1. The van der Waals surface area contributed by atoms with Gasteiger partial charge in [-0.25, -0.2) is 19.2 Å². The van der Waals surface area contributed by atoms with E-state index in [2.05, 4.69) is 0 Å². The van der Waals surface area contributed by atoms with Crippen molar-refractivity contribution in [1.82, 2.24) is 0 Å². The van der Waals surface area contributed by atoms with Crippen molar-refractivity contribution in [2.45, 2.75) is 116 Å². The minimum absolute atomic E-state index is 0.202. The second kappa shape index (κ2) is 18.7. The quantitative estimate of drug-likeness (QED) is 0.128. The first-order valence-electron chi connectivity index (χ1n) is 15.7. The summed E-state index contributed by atoms with van der Waals surface area (Å²) in [5.74, 6) is -2.79. The predicted molar refractivity (Wildman–Crippen MR) is 155 cm³/mol. The van der Waals surface area contributed by atoms with Crippen LogP contribution in [0.4, 0.5) is 0 Å². The zero-order valence-corrected chi connectivity index (χ0v) is 26.2. The number of hydrogen-bond acceptors (Lipinski definition) is 12. The molecular weight excluding hydrogens is 576 g/mol. The number of benzene rings is 1. The third kappa shape index (κ3) is 9.98. The van der Waals surface area contributed by atoms with E-state index in [1.807, 2.05) is 27.7 Å². The van der Waals surface area contributed by atoms with Crippen LogP contribution in [0.25, 0.3) is 0 Å². The third-order valence-electron chi connectivity index (χ3n) is 7.01. The maximum atomic E-state index is 12.8. The Bertz CT molecular complexity index is 915. The average Bonchev–Trinajstić information content (AvgIpc) is 3.68. The van der Waals surface area contributed by atoms with Crippen LogP contribution < -0.4 is 0 Å². The van der Waals surface area contributed by atoms with E-state index >= 15 is 0 Å². The van der Waals surface area contributed by atoms with Gasteiger partial charge < -0.3 is 37.9 Å². The summed E-state index contributed by atoms with van der Waals surface area (Å²) in [6.45, 7) is 8.69. The Morgan fingerprint density at radius 2 is 0.705 bits per heavy atom. The van der Waals surface area contributed by atoms with Crippen LogP contribution >= 0.6 is 0 Å². The van der Waals surface area contributed by atoms with Crippen molar-refractivity contribution < 1.29 is 57.1 Å². The molecule has 4 atom stereocenters. The summed E-state index contributed by atoms with van der Waals surface area (Å²) in [7, 11) is 0. The van der Waals surface area contributed by atoms with E-state index in [9.17, 15) is 19.2 Å². The van der Waals surface area contributed by atoms with E-state index in [0.29, 0.717) is 36.8 Å². The number of carbonyl (C=O) groups excluding carboxylic acids is 4. The first kappa shape index (κ1) is 35.4. The minimum Gasteiger partial charge on any atom is -0.464 e. The second-order valence-electron chi connectivity index (χ2n) is 10.6. The molecule has 3 rings (SSSR count). The van der Waals surface area contributed by atoms with Gasteiger partial charge in [0.1, 0.15) is 0 Å². The zero-order valence-electron chi connectivity index (χ0n) is 26.2. The fraction of sp³-hybridized carbons (Fsp3) is 0.688. The van der Waals surface area contributed by atoms with Crippen LogP contribution in [0, 0.1) is 0 Å². The Balaban J connectivity index is 1.71. The van der Waals surface area contributed by atoms with Gasteiger partial charge in [0.15, 0.2) is 37.0 Å². The molecule has 2 aliphatic heterocycles. The summed E-state index contributed by atoms with van der Waals surface area (Å²) in [6.07, 6.45) is -1.20. The highest BCUT2D eigenvalue weighted by atomic mass is 16.8. The predicted octanol–water partition coefficient (Wildman–Crippen LogP) is 4.63. The Morgan fingerprint density at radius 1 is 0.477 bits per heavy atom. The Morgan fingerprint density at radius 3 is 0.909 bits per heavy atom. The molecule has 0 N–H and O–H groups in total. The molecule has 2 fully saturated rings. The summed E-state index contributed by atoms with van der Waals surface area (Å²) >= 11 is 0. The minimum atomic E-state index is -1.29. The van der Waals surface area contributed by atoms with Gasteiger partial charge in [0.05, 0.1) is 26.4 Å². The van der Waals surface area contributed by atoms with Crippen LogP contribution in [0.2, 0.25) is 0 Å². The second-order valence-corrected chi connectivity index (χ2v) is 10.6. The topological polar surface area (TPSA) is 142 Å².